The molecule has 110 valence electrons. The van der Waals surface area contributed by atoms with Crippen LogP contribution in [0, 0.1) is 0 Å². The van der Waals surface area contributed by atoms with Gasteiger partial charge in [-0.25, -0.2) is 4.79 Å². The Kier molecular flexibility index (Phi) is 7.28. The van der Waals surface area contributed by atoms with Crippen LogP contribution in [0.4, 0.5) is 5.69 Å². The number of methoxy groups -OCH3 is 1. The molecule has 0 saturated carbocycles. The molecule has 0 aliphatic rings. The van der Waals surface area contributed by atoms with Crippen molar-refractivity contribution in [1.29, 1.82) is 0 Å². The predicted octanol–water partition coefficient (Wildman–Crippen LogP) is 2.45. The summed E-state index contributed by atoms with van der Waals surface area (Å²) in [6.07, 6.45) is 0. The van der Waals surface area contributed by atoms with E-state index in [4.69, 9.17) is 33.3 Å². The average Bonchev–Trinajstić information content (AvgIpc) is 2.39. The van der Waals surface area contributed by atoms with Crippen molar-refractivity contribution in [3.63, 3.8) is 0 Å². The number of halogens is 1. The van der Waals surface area contributed by atoms with Gasteiger partial charge in [0.25, 0.3) is 0 Å². The molecule has 0 aliphatic heterocycles. The highest BCUT2D eigenvalue weighted by Gasteiger charge is 2.11. The van der Waals surface area contributed by atoms with Crippen molar-refractivity contribution in [3.05, 3.63) is 28.8 Å². The van der Waals surface area contributed by atoms with E-state index in [1.54, 1.807) is 32.2 Å². The van der Waals surface area contributed by atoms with Crippen molar-refractivity contribution in [2.45, 2.75) is 6.92 Å². The monoisotopic (exact) mass is 316 g/mol. The van der Waals surface area contributed by atoms with Crippen LogP contribution < -0.4 is 10.6 Å². The Morgan fingerprint density at radius 2 is 2.20 bits per heavy atom. The summed E-state index contributed by atoms with van der Waals surface area (Å²) in [5.41, 5.74) is 1.02. The lowest BCUT2D eigenvalue weighted by molar-refractivity contribution is 0.0526. The first-order valence-corrected chi connectivity index (χ1v) is 6.87. The molecule has 0 aliphatic carbocycles. The summed E-state index contributed by atoms with van der Waals surface area (Å²) in [5, 5.41) is 6.71. The lowest BCUT2D eigenvalue weighted by Crippen LogP contribution is -2.31. The van der Waals surface area contributed by atoms with E-state index in [-0.39, 0.29) is 0 Å². The number of anilines is 1. The Morgan fingerprint density at radius 1 is 1.45 bits per heavy atom. The smallest absolute Gasteiger partial charge is 0.339 e. The molecular weight excluding hydrogens is 300 g/mol. The minimum atomic E-state index is -0.440. The first kappa shape index (κ1) is 16.7. The number of ether oxygens (including phenoxy) is 2. The molecule has 7 heteroatoms. The molecule has 0 saturated heterocycles. The number of carbonyl (C=O) groups excluding carboxylic acids is 1. The number of hydrogen-bond acceptors (Lipinski definition) is 4. The van der Waals surface area contributed by atoms with Gasteiger partial charge in [-0.3, -0.25) is 0 Å². The van der Waals surface area contributed by atoms with Gasteiger partial charge in [-0.2, -0.15) is 0 Å². The first-order chi connectivity index (χ1) is 9.58. The van der Waals surface area contributed by atoms with E-state index in [0.717, 1.165) is 0 Å². The number of esters is 1. The van der Waals surface area contributed by atoms with Gasteiger partial charge in [-0.15, -0.1) is 0 Å². The van der Waals surface area contributed by atoms with E-state index in [1.165, 1.54) is 0 Å². The number of hydrogen-bond donors (Lipinski definition) is 2. The number of carbonyl (C=O) groups is 1. The van der Waals surface area contributed by atoms with Crippen molar-refractivity contribution >= 4 is 40.6 Å². The second-order valence-electron chi connectivity index (χ2n) is 3.79. The van der Waals surface area contributed by atoms with Crippen molar-refractivity contribution in [3.8, 4) is 0 Å². The zero-order valence-corrected chi connectivity index (χ0v) is 12.9. The summed E-state index contributed by atoms with van der Waals surface area (Å²) < 4.78 is 9.80. The maximum atomic E-state index is 11.6. The fraction of sp³-hybridized carbons (Fsp3) is 0.385. The lowest BCUT2D eigenvalue weighted by Gasteiger charge is -2.11. The van der Waals surface area contributed by atoms with E-state index in [2.05, 4.69) is 10.6 Å². The molecule has 0 spiro atoms. The Morgan fingerprint density at radius 3 is 2.80 bits per heavy atom. The Hall–Kier alpha value is -1.37. The van der Waals surface area contributed by atoms with E-state index in [1.807, 2.05) is 0 Å². The quantitative estimate of drug-likeness (QED) is 0.477. The number of rotatable bonds is 6. The molecular formula is C13H17ClN2O3S. The highest BCUT2D eigenvalue weighted by molar-refractivity contribution is 7.80. The molecule has 5 nitrogen and oxygen atoms in total. The molecule has 0 fully saturated rings. The van der Waals surface area contributed by atoms with E-state index < -0.39 is 5.97 Å². The summed E-state index contributed by atoms with van der Waals surface area (Å²) in [6.45, 7) is 3.22. The second-order valence-corrected chi connectivity index (χ2v) is 4.60. The fourth-order valence-corrected chi connectivity index (χ4v) is 1.89. The number of nitrogens with one attached hydrogen (secondary N) is 2. The minimum absolute atomic E-state index is 0.308. The van der Waals surface area contributed by atoms with Gasteiger partial charge in [0.05, 0.1) is 23.8 Å². The third-order valence-electron chi connectivity index (χ3n) is 2.31. The zero-order chi connectivity index (χ0) is 15.0. The van der Waals surface area contributed by atoms with Crippen molar-refractivity contribution < 1.29 is 14.3 Å². The van der Waals surface area contributed by atoms with Crippen LogP contribution >= 0.6 is 23.8 Å². The van der Waals surface area contributed by atoms with Gasteiger partial charge >= 0.3 is 5.97 Å². The maximum absolute atomic E-state index is 11.6. The summed E-state index contributed by atoms with van der Waals surface area (Å²) in [4.78, 5) is 11.6. The van der Waals surface area contributed by atoms with Crippen LogP contribution in [0.2, 0.25) is 5.02 Å². The number of benzene rings is 1. The van der Waals surface area contributed by atoms with Crippen LogP contribution in [-0.2, 0) is 9.47 Å². The molecule has 0 heterocycles. The van der Waals surface area contributed by atoms with Crippen LogP contribution in [0.3, 0.4) is 0 Å². The SMILES string of the molecule is CCOC(=O)c1ccc(NC(=S)NCCOC)cc1Cl. The van der Waals surface area contributed by atoms with E-state index in [0.29, 0.717) is 41.1 Å². The van der Waals surface area contributed by atoms with Gasteiger partial charge < -0.3 is 20.1 Å². The lowest BCUT2D eigenvalue weighted by atomic mass is 10.2. The summed E-state index contributed by atoms with van der Waals surface area (Å²) in [6, 6.07) is 4.93. The standard InChI is InChI=1S/C13H17ClN2O3S/c1-3-19-12(17)10-5-4-9(8-11(10)14)16-13(20)15-6-7-18-2/h4-5,8H,3,6-7H2,1-2H3,(H2,15,16,20). The Balaban J connectivity index is 2.63. The molecule has 20 heavy (non-hydrogen) atoms. The Bertz CT molecular complexity index is 483. The highest BCUT2D eigenvalue weighted by atomic mass is 35.5. The maximum Gasteiger partial charge on any atom is 0.339 e. The topological polar surface area (TPSA) is 59.6 Å². The molecule has 0 atom stereocenters. The summed E-state index contributed by atoms with van der Waals surface area (Å²) in [7, 11) is 1.62. The largest absolute Gasteiger partial charge is 0.462 e. The first-order valence-electron chi connectivity index (χ1n) is 6.09. The van der Waals surface area contributed by atoms with Crippen LogP contribution in [0.1, 0.15) is 17.3 Å². The number of thiocarbonyl (C=S) groups is 1. The van der Waals surface area contributed by atoms with E-state index >= 15 is 0 Å². The van der Waals surface area contributed by atoms with Crippen LogP contribution in [0.15, 0.2) is 18.2 Å². The van der Waals surface area contributed by atoms with Crippen LogP contribution in [-0.4, -0.2) is 38.0 Å². The van der Waals surface area contributed by atoms with Gasteiger partial charge in [0.1, 0.15) is 0 Å². The third-order valence-corrected chi connectivity index (χ3v) is 2.87. The van der Waals surface area contributed by atoms with Crippen molar-refractivity contribution in [2.75, 3.05) is 32.2 Å². The van der Waals surface area contributed by atoms with Crippen LogP contribution in [0.5, 0.6) is 0 Å². The molecule has 2 N–H and O–H groups in total. The minimum Gasteiger partial charge on any atom is -0.462 e. The summed E-state index contributed by atoms with van der Waals surface area (Å²) >= 11 is 11.2. The second kappa shape index (κ2) is 8.73. The van der Waals surface area contributed by atoms with Gasteiger partial charge in [0, 0.05) is 19.3 Å². The molecule has 0 amide bonds. The molecule has 1 aromatic carbocycles. The Labute approximate surface area is 128 Å². The normalized spacial score (nSPS) is 9.95. The average molecular weight is 317 g/mol. The molecule has 0 unspecified atom stereocenters. The van der Waals surface area contributed by atoms with Crippen molar-refractivity contribution in [2.24, 2.45) is 0 Å². The fourth-order valence-electron chi connectivity index (χ4n) is 1.41. The van der Waals surface area contributed by atoms with Gasteiger partial charge in [-0.05, 0) is 37.3 Å². The molecule has 0 radical (unpaired) electrons. The highest BCUT2D eigenvalue weighted by Crippen LogP contribution is 2.21. The van der Waals surface area contributed by atoms with E-state index in [9.17, 15) is 4.79 Å². The molecule has 1 aromatic rings. The molecule has 0 aromatic heterocycles. The van der Waals surface area contributed by atoms with Gasteiger partial charge in [0.2, 0.25) is 0 Å². The predicted molar refractivity (Wildman–Crippen MR) is 83.5 cm³/mol. The molecule has 0 bridgehead atoms. The van der Waals surface area contributed by atoms with Crippen LogP contribution in [0.25, 0.3) is 0 Å². The van der Waals surface area contributed by atoms with Gasteiger partial charge in [-0.1, -0.05) is 11.6 Å². The summed E-state index contributed by atoms with van der Waals surface area (Å²) in [5.74, 6) is -0.440. The third kappa shape index (κ3) is 5.32. The van der Waals surface area contributed by atoms with Crippen molar-refractivity contribution in [1.82, 2.24) is 5.32 Å². The zero-order valence-electron chi connectivity index (χ0n) is 11.4. The molecule has 1 rings (SSSR count). The van der Waals surface area contributed by atoms with Gasteiger partial charge in [0.15, 0.2) is 5.11 Å².